The zero-order valence-electron chi connectivity index (χ0n) is 11.9. The molecule has 1 aromatic rings. The SMILES string of the molecule is CCCC1NC(=O)C(C)N(c2cc(C)ccc2Br)C1=O. The molecule has 4 nitrogen and oxygen atoms in total. The number of aryl methyl sites for hydroxylation is 1. The Hall–Kier alpha value is -1.36. The molecule has 0 bridgehead atoms. The average Bonchev–Trinajstić information content (AvgIpc) is 2.40. The van der Waals surface area contributed by atoms with Crippen LogP contribution in [-0.4, -0.2) is 23.9 Å². The lowest BCUT2D eigenvalue weighted by molar-refractivity contribution is -0.133. The minimum absolute atomic E-state index is 0.0368. The number of nitrogens with one attached hydrogen (secondary N) is 1. The van der Waals surface area contributed by atoms with Crippen LogP contribution in [-0.2, 0) is 9.59 Å². The van der Waals surface area contributed by atoms with E-state index in [1.165, 1.54) is 0 Å². The largest absolute Gasteiger partial charge is 0.342 e. The van der Waals surface area contributed by atoms with E-state index in [0.717, 1.165) is 22.1 Å². The van der Waals surface area contributed by atoms with Crippen LogP contribution in [0.25, 0.3) is 0 Å². The lowest BCUT2D eigenvalue weighted by Crippen LogP contribution is -2.62. The van der Waals surface area contributed by atoms with E-state index in [4.69, 9.17) is 0 Å². The first-order valence-corrected chi connectivity index (χ1v) is 7.64. The predicted octanol–water partition coefficient (Wildman–Crippen LogP) is 2.78. The van der Waals surface area contributed by atoms with Crippen molar-refractivity contribution in [1.29, 1.82) is 0 Å². The maximum absolute atomic E-state index is 12.6. The first kappa shape index (κ1) is 15.0. The molecule has 1 aliphatic rings. The van der Waals surface area contributed by atoms with Gasteiger partial charge in [-0.25, -0.2) is 0 Å². The molecular weight excluding hydrogens is 320 g/mol. The molecule has 2 atom stereocenters. The van der Waals surface area contributed by atoms with E-state index in [0.29, 0.717) is 6.42 Å². The van der Waals surface area contributed by atoms with Crippen molar-refractivity contribution in [3.63, 3.8) is 0 Å². The highest BCUT2D eigenvalue weighted by Crippen LogP contribution is 2.31. The summed E-state index contributed by atoms with van der Waals surface area (Å²) in [7, 11) is 0. The number of hydrogen-bond donors (Lipinski definition) is 1. The zero-order valence-corrected chi connectivity index (χ0v) is 13.5. The number of amides is 2. The van der Waals surface area contributed by atoms with Gasteiger partial charge in [0.25, 0.3) is 0 Å². The predicted molar refractivity (Wildman–Crippen MR) is 82.7 cm³/mol. The fourth-order valence-electron chi connectivity index (χ4n) is 2.45. The van der Waals surface area contributed by atoms with E-state index in [1.54, 1.807) is 11.8 Å². The van der Waals surface area contributed by atoms with Crippen LogP contribution in [0.2, 0.25) is 0 Å². The van der Waals surface area contributed by atoms with Gasteiger partial charge in [0.1, 0.15) is 12.1 Å². The molecule has 0 radical (unpaired) electrons. The number of benzene rings is 1. The quantitative estimate of drug-likeness (QED) is 0.921. The van der Waals surface area contributed by atoms with Crippen LogP contribution in [0.4, 0.5) is 5.69 Å². The summed E-state index contributed by atoms with van der Waals surface area (Å²) in [6, 6.07) is 4.90. The van der Waals surface area contributed by atoms with Crippen LogP contribution in [0.5, 0.6) is 0 Å². The molecule has 1 fully saturated rings. The van der Waals surface area contributed by atoms with Crippen molar-refractivity contribution in [2.75, 3.05) is 4.90 Å². The van der Waals surface area contributed by atoms with E-state index < -0.39 is 12.1 Å². The Balaban J connectivity index is 2.43. The Labute approximate surface area is 127 Å². The van der Waals surface area contributed by atoms with Gasteiger partial charge in [-0.05, 0) is 53.9 Å². The first-order chi connectivity index (χ1) is 9.45. The second-order valence-electron chi connectivity index (χ2n) is 5.19. The van der Waals surface area contributed by atoms with Crippen LogP contribution in [0.1, 0.15) is 32.3 Å². The third kappa shape index (κ3) is 2.73. The summed E-state index contributed by atoms with van der Waals surface area (Å²) >= 11 is 3.47. The van der Waals surface area contributed by atoms with Gasteiger partial charge in [-0.15, -0.1) is 0 Å². The van der Waals surface area contributed by atoms with Gasteiger partial charge in [0.05, 0.1) is 5.69 Å². The normalized spacial score (nSPS) is 22.9. The molecule has 0 saturated carbocycles. The zero-order chi connectivity index (χ0) is 14.9. The Kier molecular flexibility index (Phi) is 4.48. The van der Waals surface area contributed by atoms with Crippen molar-refractivity contribution >= 4 is 33.4 Å². The first-order valence-electron chi connectivity index (χ1n) is 6.85. The third-order valence-corrected chi connectivity index (χ3v) is 4.23. The highest BCUT2D eigenvalue weighted by molar-refractivity contribution is 9.10. The molecule has 1 aromatic carbocycles. The lowest BCUT2D eigenvalue weighted by atomic mass is 10.0. The van der Waals surface area contributed by atoms with Crippen LogP contribution < -0.4 is 10.2 Å². The highest BCUT2D eigenvalue weighted by atomic mass is 79.9. The summed E-state index contributed by atoms with van der Waals surface area (Å²) in [5.41, 5.74) is 1.82. The Morgan fingerprint density at radius 3 is 2.70 bits per heavy atom. The second-order valence-corrected chi connectivity index (χ2v) is 6.04. The molecule has 1 aliphatic heterocycles. The van der Waals surface area contributed by atoms with Crippen LogP contribution >= 0.6 is 15.9 Å². The maximum Gasteiger partial charge on any atom is 0.250 e. The number of rotatable bonds is 3. The number of anilines is 1. The van der Waals surface area contributed by atoms with Crippen LogP contribution in [0, 0.1) is 6.92 Å². The molecule has 2 amide bonds. The van der Waals surface area contributed by atoms with E-state index in [-0.39, 0.29) is 11.8 Å². The third-order valence-electron chi connectivity index (χ3n) is 3.56. The Morgan fingerprint density at radius 2 is 2.05 bits per heavy atom. The number of nitrogens with zero attached hydrogens (tertiary/aromatic N) is 1. The van der Waals surface area contributed by atoms with Crippen molar-refractivity contribution < 1.29 is 9.59 Å². The van der Waals surface area contributed by atoms with Gasteiger partial charge in [0.2, 0.25) is 11.8 Å². The maximum atomic E-state index is 12.6. The molecule has 0 aromatic heterocycles. The molecule has 2 rings (SSSR count). The summed E-state index contributed by atoms with van der Waals surface area (Å²) < 4.78 is 0.827. The van der Waals surface area contributed by atoms with Crippen LogP contribution in [0.3, 0.4) is 0 Å². The summed E-state index contributed by atoms with van der Waals surface area (Å²) in [4.78, 5) is 26.3. The Morgan fingerprint density at radius 1 is 1.35 bits per heavy atom. The fourth-order valence-corrected chi connectivity index (χ4v) is 2.89. The lowest BCUT2D eigenvalue weighted by Gasteiger charge is -2.37. The number of carbonyl (C=O) groups excluding carboxylic acids is 2. The average molecular weight is 339 g/mol. The Bertz CT molecular complexity index is 545. The van der Waals surface area contributed by atoms with Crippen molar-refractivity contribution in [1.82, 2.24) is 5.32 Å². The van der Waals surface area contributed by atoms with Crippen molar-refractivity contribution in [3.8, 4) is 0 Å². The van der Waals surface area contributed by atoms with Crippen molar-refractivity contribution in [2.45, 2.75) is 45.7 Å². The van der Waals surface area contributed by atoms with E-state index >= 15 is 0 Å². The number of hydrogen-bond acceptors (Lipinski definition) is 2. The summed E-state index contributed by atoms with van der Waals surface area (Å²) in [6.45, 7) is 5.73. The molecule has 20 heavy (non-hydrogen) atoms. The molecule has 1 N–H and O–H groups in total. The molecule has 1 heterocycles. The number of halogens is 1. The van der Waals surface area contributed by atoms with E-state index in [9.17, 15) is 9.59 Å². The summed E-state index contributed by atoms with van der Waals surface area (Å²) in [6.07, 6.45) is 1.52. The number of piperazine rings is 1. The van der Waals surface area contributed by atoms with Gasteiger partial charge >= 0.3 is 0 Å². The smallest absolute Gasteiger partial charge is 0.250 e. The van der Waals surface area contributed by atoms with Gasteiger partial charge in [0.15, 0.2) is 0 Å². The van der Waals surface area contributed by atoms with Crippen LogP contribution in [0.15, 0.2) is 22.7 Å². The summed E-state index contributed by atoms with van der Waals surface area (Å²) in [5.74, 6) is -0.137. The van der Waals surface area contributed by atoms with Gasteiger partial charge in [-0.3, -0.25) is 14.5 Å². The molecule has 0 spiro atoms. The second kappa shape index (κ2) is 5.95. The molecule has 0 aliphatic carbocycles. The molecule has 1 saturated heterocycles. The molecule has 2 unspecified atom stereocenters. The van der Waals surface area contributed by atoms with Gasteiger partial charge in [-0.1, -0.05) is 19.4 Å². The minimum atomic E-state index is -0.492. The fraction of sp³-hybridized carbons (Fsp3) is 0.467. The monoisotopic (exact) mass is 338 g/mol. The van der Waals surface area contributed by atoms with Gasteiger partial charge < -0.3 is 5.32 Å². The highest BCUT2D eigenvalue weighted by Gasteiger charge is 2.39. The summed E-state index contributed by atoms with van der Waals surface area (Å²) in [5, 5.41) is 2.81. The van der Waals surface area contributed by atoms with Gasteiger partial charge in [-0.2, -0.15) is 0 Å². The van der Waals surface area contributed by atoms with E-state index in [1.807, 2.05) is 32.0 Å². The van der Waals surface area contributed by atoms with Crippen molar-refractivity contribution in [3.05, 3.63) is 28.2 Å². The van der Waals surface area contributed by atoms with E-state index in [2.05, 4.69) is 21.2 Å². The van der Waals surface area contributed by atoms with Gasteiger partial charge in [0, 0.05) is 4.47 Å². The number of carbonyl (C=O) groups is 2. The van der Waals surface area contributed by atoms with Crippen molar-refractivity contribution in [2.24, 2.45) is 0 Å². The standard InChI is InChI=1S/C15H19BrN2O2/c1-4-5-12-15(20)18(10(3)14(19)17-12)13-8-9(2)6-7-11(13)16/h6-8,10,12H,4-5H2,1-3H3,(H,17,19). The topological polar surface area (TPSA) is 49.4 Å². The molecule has 5 heteroatoms. The molecule has 108 valence electrons. The minimum Gasteiger partial charge on any atom is -0.342 e. The molecular formula is C15H19BrN2O2.